The van der Waals surface area contributed by atoms with Gasteiger partial charge in [0.25, 0.3) is 5.56 Å². The number of rotatable bonds is 43. The van der Waals surface area contributed by atoms with Gasteiger partial charge >= 0.3 is 11.9 Å². The van der Waals surface area contributed by atoms with Crippen LogP contribution >= 0.6 is 0 Å². The molecule has 0 aliphatic carbocycles. The summed E-state index contributed by atoms with van der Waals surface area (Å²) in [6.07, 6.45) is 45.3. The molecule has 346 valence electrons. The highest BCUT2D eigenvalue weighted by molar-refractivity contribution is 5.70. The van der Waals surface area contributed by atoms with Crippen LogP contribution in [0.4, 0.5) is 5.95 Å². The van der Waals surface area contributed by atoms with Gasteiger partial charge < -0.3 is 19.9 Å². The predicted octanol–water partition coefficient (Wildman–Crippen LogP) is 13.2. The van der Waals surface area contributed by atoms with Crippen LogP contribution in [0.25, 0.3) is 11.2 Å². The summed E-state index contributed by atoms with van der Waals surface area (Å²) in [7, 11) is 0. The summed E-state index contributed by atoms with van der Waals surface area (Å²) in [6, 6.07) is 0. The zero-order valence-electron chi connectivity index (χ0n) is 38.6. The van der Waals surface area contributed by atoms with Gasteiger partial charge in [0.1, 0.15) is 26.0 Å². The number of aromatic nitrogens is 4. The molecule has 3 N–H and O–H groups in total. The number of nitrogens with zero attached hydrogens (tertiary/aromatic N) is 3. The van der Waals surface area contributed by atoms with Crippen molar-refractivity contribution in [3.8, 4) is 0 Å². The molecule has 2 rings (SSSR count). The molecule has 0 saturated carbocycles. The number of H-pyrrole nitrogens is 1. The monoisotopic (exact) mass is 844 g/mol. The van der Waals surface area contributed by atoms with Gasteiger partial charge in [-0.3, -0.25) is 23.9 Å². The lowest BCUT2D eigenvalue weighted by atomic mass is 10.0. The van der Waals surface area contributed by atoms with Gasteiger partial charge in [-0.1, -0.05) is 219 Å². The molecule has 2 aromatic heterocycles. The van der Waals surface area contributed by atoms with Gasteiger partial charge in [-0.25, -0.2) is 4.98 Å². The van der Waals surface area contributed by atoms with E-state index in [1.54, 1.807) is 4.57 Å². The van der Waals surface area contributed by atoms with Crippen LogP contribution in [0.3, 0.4) is 0 Å². The molecular weight excluding hydrogens is 755 g/mol. The highest BCUT2D eigenvalue weighted by Crippen LogP contribution is 2.17. The number of nitrogens with one attached hydrogen (secondary N) is 1. The number of nitrogen functional groups attached to an aromatic ring is 1. The Morgan fingerprint density at radius 2 is 0.900 bits per heavy atom. The molecule has 11 nitrogen and oxygen atoms in total. The number of ether oxygens (including phenoxy) is 3. The average molecular weight is 844 g/mol. The Labute approximate surface area is 364 Å². The van der Waals surface area contributed by atoms with Crippen molar-refractivity contribution >= 4 is 29.1 Å². The minimum atomic E-state index is -0.694. The van der Waals surface area contributed by atoms with Gasteiger partial charge in [0.15, 0.2) is 11.2 Å². The highest BCUT2D eigenvalue weighted by Gasteiger charge is 2.18. The van der Waals surface area contributed by atoms with Crippen molar-refractivity contribution < 1.29 is 23.8 Å². The van der Waals surface area contributed by atoms with Crippen molar-refractivity contribution in [2.75, 3.05) is 18.9 Å². The van der Waals surface area contributed by atoms with E-state index in [4.69, 9.17) is 19.9 Å². The molecule has 0 fully saturated rings. The topological polar surface area (TPSA) is 151 Å². The Bertz CT molecular complexity index is 1330. The summed E-state index contributed by atoms with van der Waals surface area (Å²) in [4.78, 5) is 48.3. The Kier molecular flexibility index (Phi) is 33.5. The van der Waals surface area contributed by atoms with Crippen molar-refractivity contribution in [2.45, 2.75) is 258 Å². The minimum absolute atomic E-state index is 0.0256. The molecule has 0 spiro atoms. The lowest BCUT2D eigenvalue weighted by Gasteiger charge is -2.18. The average Bonchev–Trinajstić information content (AvgIpc) is 3.65. The first-order chi connectivity index (χ1) is 29.4. The molecule has 2 aromatic rings. The van der Waals surface area contributed by atoms with Crippen molar-refractivity contribution in [3.05, 3.63) is 16.7 Å². The van der Waals surface area contributed by atoms with Crippen LogP contribution in [0.2, 0.25) is 0 Å². The molecule has 0 atom stereocenters. The van der Waals surface area contributed by atoms with E-state index in [9.17, 15) is 14.4 Å². The van der Waals surface area contributed by atoms with Crippen molar-refractivity contribution in [2.24, 2.45) is 0 Å². The zero-order chi connectivity index (χ0) is 43.1. The molecule has 0 aromatic carbocycles. The van der Waals surface area contributed by atoms with Crippen LogP contribution in [0.5, 0.6) is 0 Å². The summed E-state index contributed by atoms with van der Waals surface area (Å²) < 4.78 is 18.8. The number of hydrogen-bond donors (Lipinski definition) is 2. The van der Waals surface area contributed by atoms with E-state index in [2.05, 4.69) is 28.8 Å². The summed E-state index contributed by atoms with van der Waals surface area (Å²) in [5.74, 6) is -0.593. The van der Waals surface area contributed by atoms with Crippen molar-refractivity contribution in [3.63, 3.8) is 0 Å². The van der Waals surface area contributed by atoms with E-state index in [1.807, 2.05) is 0 Å². The van der Waals surface area contributed by atoms with Crippen molar-refractivity contribution in [1.82, 2.24) is 19.5 Å². The van der Waals surface area contributed by atoms with Gasteiger partial charge in [-0.05, 0) is 12.8 Å². The first-order valence-electron chi connectivity index (χ1n) is 25.1. The molecule has 0 aliphatic heterocycles. The third-order valence-electron chi connectivity index (χ3n) is 11.8. The summed E-state index contributed by atoms with van der Waals surface area (Å²) >= 11 is 0. The Balaban J connectivity index is 1.57. The number of hydrogen-bond acceptors (Lipinski definition) is 9. The normalized spacial score (nSPS) is 11.6. The number of esters is 2. The number of carbonyl (C=O) groups is 2. The molecule has 0 saturated heterocycles. The van der Waals surface area contributed by atoms with Crippen LogP contribution in [0.1, 0.15) is 245 Å². The molecule has 2 heterocycles. The van der Waals surface area contributed by atoms with Crippen LogP contribution < -0.4 is 11.3 Å². The second-order valence-electron chi connectivity index (χ2n) is 17.4. The molecule has 0 bridgehead atoms. The molecule has 0 aliphatic rings. The molecule has 0 amide bonds. The number of carbonyl (C=O) groups excluding carboxylic acids is 2. The van der Waals surface area contributed by atoms with Crippen LogP contribution in [-0.2, 0) is 30.5 Å². The van der Waals surface area contributed by atoms with Crippen LogP contribution in [0, 0.1) is 0 Å². The van der Waals surface area contributed by atoms with Crippen molar-refractivity contribution in [1.29, 1.82) is 0 Å². The number of unbranched alkanes of at least 4 members (excludes halogenated alkanes) is 32. The first kappa shape index (κ1) is 53.2. The largest absolute Gasteiger partial charge is 0.463 e. The third-order valence-corrected chi connectivity index (χ3v) is 11.8. The van der Waals surface area contributed by atoms with Gasteiger partial charge in [0.05, 0.1) is 6.33 Å². The molecule has 11 heteroatoms. The van der Waals surface area contributed by atoms with Gasteiger partial charge in [0.2, 0.25) is 5.95 Å². The number of nitrogens with two attached hydrogens (primary N) is 1. The fraction of sp³-hybridized carbons (Fsp3) is 0.857. The predicted molar refractivity (Wildman–Crippen MR) is 247 cm³/mol. The number of imidazole rings is 1. The van der Waals surface area contributed by atoms with E-state index in [0.717, 1.165) is 38.5 Å². The first-order valence-corrected chi connectivity index (χ1v) is 25.1. The molecule has 60 heavy (non-hydrogen) atoms. The lowest BCUT2D eigenvalue weighted by molar-refractivity contribution is -0.157. The van der Waals surface area contributed by atoms with Gasteiger partial charge in [-0.15, -0.1) is 0 Å². The fourth-order valence-electron chi connectivity index (χ4n) is 7.90. The third kappa shape index (κ3) is 28.6. The van der Waals surface area contributed by atoms with Crippen LogP contribution in [0.15, 0.2) is 11.1 Å². The second-order valence-corrected chi connectivity index (χ2v) is 17.4. The second kappa shape index (κ2) is 37.8. The lowest BCUT2D eigenvalue weighted by Crippen LogP contribution is -2.29. The summed E-state index contributed by atoms with van der Waals surface area (Å²) in [5.41, 5.74) is 5.73. The number of aromatic amines is 1. The standard InChI is InChI=1S/C49H89N5O6/c1-3-5-7-9-11-13-15-17-19-21-23-25-27-29-31-33-35-37-44(55)58-39-43(60-42-54-41-51-46-47(54)52-49(50)53-48(46)57)40-59-45(56)38-36-34-32-30-28-26-24-22-20-18-16-14-12-10-8-6-4-2/h41,43H,3-40,42H2,1-2H3,(H3,50,52,53,57). The fourth-order valence-corrected chi connectivity index (χ4v) is 7.90. The highest BCUT2D eigenvalue weighted by atomic mass is 16.6. The SMILES string of the molecule is CCCCCCCCCCCCCCCCCCCC(=O)OCC(COC(=O)CCCCCCCCCCCCCCCCCCC)OCn1cnc2c(=O)[nH]c(N)nc21. The minimum Gasteiger partial charge on any atom is -0.463 e. The molecule has 0 unspecified atom stereocenters. The Morgan fingerprint density at radius 3 is 1.25 bits per heavy atom. The van der Waals surface area contributed by atoms with E-state index >= 15 is 0 Å². The number of anilines is 1. The van der Waals surface area contributed by atoms with Crippen LogP contribution in [-0.4, -0.2) is 50.8 Å². The van der Waals surface area contributed by atoms with E-state index in [0.29, 0.717) is 12.8 Å². The van der Waals surface area contributed by atoms with Gasteiger partial charge in [-0.2, -0.15) is 4.98 Å². The quantitative estimate of drug-likeness (QED) is 0.0491. The molecular formula is C49H89N5O6. The van der Waals surface area contributed by atoms with Gasteiger partial charge in [0, 0.05) is 12.8 Å². The number of fused-ring (bicyclic) bond motifs is 1. The molecule has 0 radical (unpaired) electrons. The zero-order valence-corrected chi connectivity index (χ0v) is 38.6. The summed E-state index contributed by atoms with van der Waals surface area (Å²) in [5, 5.41) is 0. The Morgan fingerprint density at radius 1 is 0.567 bits per heavy atom. The van der Waals surface area contributed by atoms with E-state index < -0.39 is 11.7 Å². The maximum absolute atomic E-state index is 12.6. The Hall–Kier alpha value is -2.95. The van der Waals surface area contributed by atoms with E-state index in [1.165, 1.54) is 186 Å². The van der Waals surface area contributed by atoms with E-state index in [-0.39, 0.29) is 49.0 Å². The smallest absolute Gasteiger partial charge is 0.305 e. The summed E-state index contributed by atoms with van der Waals surface area (Å²) in [6.45, 7) is 4.41. The maximum atomic E-state index is 12.6. The maximum Gasteiger partial charge on any atom is 0.305 e.